The molecule has 0 N–H and O–H groups in total. The zero-order valence-electron chi connectivity index (χ0n) is 19.7. The molecule has 5 fully saturated rings. The van der Waals surface area contributed by atoms with Crippen LogP contribution in [0.4, 0.5) is 11.4 Å². The van der Waals surface area contributed by atoms with Crippen molar-refractivity contribution in [2.45, 2.75) is 54.4 Å². The molecule has 8 rings (SSSR count). The van der Waals surface area contributed by atoms with Crippen LogP contribution in [0.15, 0.2) is 58.3 Å². The molecule has 0 amide bonds. The Labute approximate surface area is 203 Å². The lowest BCUT2D eigenvalue weighted by Gasteiger charge is -2.58. The van der Waals surface area contributed by atoms with Crippen LogP contribution in [0.25, 0.3) is 0 Å². The number of benzene rings is 2. The van der Waals surface area contributed by atoms with Crippen LogP contribution in [0.3, 0.4) is 0 Å². The van der Waals surface area contributed by atoms with Crippen molar-refractivity contribution in [3.05, 3.63) is 48.5 Å². The molecule has 174 valence electrons. The fourth-order valence-corrected chi connectivity index (χ4v) is 9.35. The van der Waals surface area contributed by atoms with Crippen molar-refractivity contribution >= 4 is 23.1 Å². The Bertz CT molecular complexity index is 924. The van der Waals surface area contributed by atoms with Gasteiger partial charge in [0.2, 0.25) is 0 Å². The van der Waals surface area contributed by atoms with E-state index in [1.54, 1.807) is 32.1 Å². The van der Waals surface area contributed by atoms with Gasteiger partial charge < -0.3 is 9.80 Å². The second-order valence-corrected chi connectivity index (χ2v) is 12.4. The van der Waals surface area contributed by atoms with Crippen molar-refractivity contribution in [1.29, 1.82) is 0 Å². The number of hydrogen-bond acceptors (Lipinski definition) is 4. The van der Waals surface area contributed by atoms with Crippen molar-refractivity contribution in [3.8, 4) is 0 Å². The Morgan fingerprint density at radius 2 is 1.24 bits per heavy atom. The molecule has 2 aromatic rings. The zero-order valence-corrected chi connectivity index (χ0v) is 20.6. The maximum Gasteiger partial charge on any atom is 0.0552 e. The van der Waals surface area contributed by atoms with E-state index in [2.05, 4.69) is 63.2 Å². The van der Waals surface area contributed by atoms with Gasteiger partial charge in [-0.25, -0.2) is 0 Å². The van der Waals surface area contributed by atoms with E-state index in [1.165, 1.54) is 60.3 Å². The molecular formula is C29H37N3S. The number of piperazine rings is 1. The summed E-state index contributed by atoms with van der Waals surface area (Å²) in [6.45, 7) is 7.48. The first kappa shape index (κ1) is 20.8. The molecular weight excluding hydrogens is 422 g/mol. The molecule has 4 saturated carbocycles. The van der Waals surface area contributed by atoms with E-state index in [4.69, 9.17) is 0 Å². The normalized spacial score (nSPS) is 33.2. The van der Waals surface area contributed by atoms with Crippen molar-refractivity contribution in [3.63, 3.8) is 0 Å². The number of rotatable bonds is 5. The van der Waals surface area contributed by atoms with Gasteiger partial charge in [0.1, 0.15) is 0 Å². The van der Waals surface area contributed by atoms with E-state index < -0.39 is 0 Å². The molecule has 4 aliphatic carbocycles. The predicted octanol–water partition coefficient (Wildman–Crippen LogP) is 6.12. The smallest absolute Gasteiger partial charge is 0.0552 e. The van der Waals surface area contributed by atoms with Gasteiger partial charge in [-0.2, -0.15) is 0 Å². The van der Waals surface area contributed by atoms with Gasteiger partial charge in [-0.05, 0) is 93.0 Å². The van der Waals surface area contributed by atoms with Gasteiger partial charge in [0.25, 0.3) is 0 Å². The third-order valence-corrected chi connectivity index (χ3v) is 10.5. The summed E-state index contributed by atoms with van der Waals surface area (Å²) in [6, 6.07) is 18.8. The molecule has 2 aliphatic heterocycles. The van der Waals surface area contributed by atoms with Crippen molar-refractivity contribution in [2.75, 3.05) is 44.2 Å². The SMILES string of the molecule is c1ccc2c(c1)Sc1ccccc1N2CCCN1CCN(C2C3CC4CC(C3)CC2C4)CC1. The minimum atomic E-state index is 0.929. The highest BCUT2D eigenvalue weighted by Crippen LogP contribution is 2.55. The maximum absolute atomic E-state index is 2.93. The third-order valence-electron chi connectivity index (χ3n) is 9.39. The van der Waals surface area contributed by atoms with E-state index in [0.717, 1.165) is 36.3 Å². The Morgan fingerprint density at radius 3 is 1.85 bits per heavy atom. The molecule has 4 bridgehead atoms. The van der Waals surface area contributed by atoms with Crippen LogP contribution in [0.2, 0.25) is 0 Å². The van der Waals surface area contributed by atoms with Crippen LogP contribution >= 0.6 is 11.8 Å². The van der Waals surface area contributed by atoms with Crippen LogP contribution in [-0.4, -0.2) is 55.1 Å². The molecule has 0 spiro atoms. The predicted molar refractivity (Wildman–Crippen MR) is 137 cm³/mol. The Balaban J connectivity index is 0.957. The molecule has 4 heteroatoms. The number of hydrogen-bond donors (Lipinski definition) is 0. The molecule has 0 atom stereocenters. The lowest BCUT2D eigenvalue weighted by molar-refractivity contribution is -0.0763. The van der Waals surface area contributed by atoms with Crippen molar-refractivity contribution in [1.82, 2.24) is 9.80 Å². The fraction of sp³-hybridized carbons (Fsp3) is 0.586. The monoisotopic (exact) mass is 459 g/mol. The lowest BCUT2D eigenvalue weighted by atomic mass is 9.54. The summed E-state index contributed by atoms with van der Waals surface area (Å²) in [7, 11) is 0. The van der Waals surface area contributed by atoms with E-state index in [0.29, 0.717) is 0 Å². The molecule has 2 aromatic carbocycles. The van der Waals surface area contributed by atoms with Crippen LogP contribution in [-0.2, 0) is 0 Å². The van der Waals surface area contributed by atoms with Gasteiger partial charge in [-0.1, -0.05) is 36.0 Å². The minimum Gasteiger partial charge on any atom is -0.340 e. The van der Waals surface area contributed by atoms with E-state index in [9.17, 15) is 0 Å². The van der Waals surface area contributed by atoms with Gasteiger partial charge >= 0.3 is 0 Å². The highest BCUT2D eigenvalue weighted by Gasteiger charge is 2.50. The summed E-state index contributed by atoms with van der Waals surface area (Å²) >= 11 is 1.91. The molecule has 0 unspecified atom stereocenters. The summed E-state index contributed by atoms with van der Waals surface area (Å²) in [6.07, 6.45) is 9.00. The first-order valence-electron chi connectivity index (χ1n) is 13.4. The highest BCUT2D eigenvalue weighted by molar-refractivity contribution is 7.99. The summed E-state index contributed by atoms with van der Waals surface area (Å²) in [4.78, 5) is 11.0. The van der Waals surface area contributed by atoms with Gasteiger partial charge in [0, 0.05) is 48.6 Å². The van der Waals surface area contributed by atoms with Crippen LogP contribution in [0.5, 0.6) is 0 Å². The quantitative estimate of drug-likeness (QED) is 0.532. The summed E-state index contributed by atoms with van der Waals surface area (Å²) in [5, 5.41) is 0. The first-order valence-corrected chi connectivity index (χ1v) is 14.2. The number of anilines is 2. The van der Waals surface area contributed by atoms with E-state index >= 15 is 0 Å². The lowest BCUT2D eigenvalue weighted by Crippen LogP contribution is -2.60. The number of para-hydroxylation sites is 2. The molecule has 6 aliphatic rings. The van der Waals surface area contributed by atoms with Gasteiger partial charge in [0.05, 0.1) is 11.4 Å². The molecule has 0 aromatic heterocycles. The second kappa shape index (κ2) is 8.62. The fourth-order valence-electron chi connectivity index (χ4n) is 8.25. The summed E-state index contributed by atoms with van der Waals surface area (Å²) < 4.78 is 0. The molecule has 2 heterocycles. The number of nitrogens with zero attached hydrogens (tertiary/aromatic N) is 3. The van der Waals surface area contributed by atoms with Crippen molar-refractivity contribution in [2.24, 2.45) is 23.7 Å². The maximum atomic E-state index is 2.93. The first-order chi connectivity index (χ1) is 16.3. The zero-order chi connectivity index (χ0) is 21.8. The molecule has 1 saturated heterocycles. The largest absolute Gasteiger partial charge is 0.340 e. The summed E-state index contributed by atoms with van der Waals surface area (Å²) in [5.41, 5.74) is 2.76. The van der Waals surface area contributed by atoms with E-state index in [-0.39, 0.29) is 0 Å². The second-order valence-electron chi connectivity index (χ2n) is 11.3. The third kappa shape index (κ3) is 3.83. The van der Waals surface area contributed by atoms with E-state index in [1.807, 2.05) is 11.8 Å². The Kier molecular flexibility index (Phi) is 5.45. The van der Waals surface area contributed by atoms with Gasteiger partial charge in [-0.15, -0.1) is 0 Å². The average molecular weight is 460 g/mol. The molecule has 3 nitrogen and oxygen atoms in total. The summed E-state index contributed by atoms with van der Waals surface area (Å²) in [5.74, 6) is 4.25. The van der Waals surface area contributed by atoms with Gasteiger partial charge in [-0.3, -0.25) is 4.90 Å². The van der Waals surface area contributed by atoms with Gasteiger partial charge in [0.15, 0.2) is 0 Å². The number of fused-ring (bicyclic) bond motifs is 2. The highest BCUT2D eigenvalue weighted by atomic mass is 32.2. The Hall–Kier alpha value is -1.49. The molecule has 33 heavy (non-hydrogen) atoms. The topological polar surface area (TPSA) is 9.72 Å². The standard InChI is InChI=1S/C29H37N3S/c1-3-8-27-25(6-1)32(26-7-2-4-9-28(26)33-27)11-5-10-30-12-14-31(15-13-30)29-23-17-21-16-22(19-23)20-24(29)18-21/h1-4,6-9,21-24,29H,5,10-20H2. The van der Waals surface area contributed by atoms with Crippen LogP contribution in [0, 0.1) is 23.7 Å². The minimum absolute atomic E-state index is 0.929. The molecule has 0 radical (unpaired) electrons. The average Bonchev–Trinajstić information content (AvgIpc) is 2.84. The van der Waals surface area contributed by atoms with Crippen molar-refractivity contribution < 1.29 is 0 Å². The Morgan fingerprint density at radius 1 is 0.667 bits per heavy atom. The van der Waals surface area contributed by atoms with Crippen LogP contribution < -0.4 is 4.90 Å². The van der Waals surface area contributed by atoms with Crippen LogP contribution in [0.1, 0.15) is 38.5 Å².